The molecule has 11 heteroatoms. The Morgan fingerprint density at radius 2 is 2.23 bits per heavy atom. The normalized spacial score (nSPS) is 20.5. The number of amides is 3. The SMILES string of the molecule is C[C@@H]1Cc2nn3c(c2CN1C(=O)Nc1ccc(F)c(C#N)c1)C(=O)N(C)OC(CF)C3. The Balaban J connectivity index is 1.61. The number of anilines is 1. The maximum atomic E-state index is 13.5. The molecule has 1 aromatic heterocycles. The van der Waals surface area contributed by atoms with Crippen LogP contribution >= 0.6 is 0 Å². The van der Waals surface area contributed by atoms with Crippen molar-refractivity contribution in [2.24, 2.45) is 0 Å². The molecule has 1 N–H and O–H groups in total. The highest BCUT2D eigenvalue weighted by molar-refractivity contribution is 5.94. The maximum absolute atomic E-state index is 13.5. The quantitative estimate of drug-likeness (QED) is 0.787. The van der Waals surface area contributed by atoms with Crippen LogP contribution in [0.4, 0.5) is 19.3 Å². The number of urea groups is 1. The number of nitrogens with one attached hydrogen (secondary N) is 1. The highest BCUT2D eigenvalue weighted by Gasteiger charge is 2.37. The predicted octanol–water partition coefficient (Wildman–Crippen LogP) is 2.23. The summed E-state index contributed by atoms with van der Waals surface area (Å²) in [5.41, 5.74) is 1.65. The standard InChI is InChI=1S/C20H20F2N6O3/c1-11-5-17-15(18-19(29)26(2)31-14(7-21)9-28(18)25-17)10-27(11)20(30)24-13-3-4-16(22)12(6-13)8-23/h3-4,6,11,14H,5,7,9-10H2,1-2H3,(H,24,30)/t11-,14?/m1/s1. The topological polar surface area (TPSA) is 103 Å². The largest absolute Gasteiger partial charge is 0.322 e. The number of nitrogens with zero attached hydrogens (tertiary/aromatic N) is 5. The minimum Gasteiger partial charge on any atom is -0.317 e. The molecule has 1 unspecified atom stereocenters. The Morgan fingerprint density at radius 3 is 2.94 bits per heavy atom. The van der Waals surface area contributed by atoms with Crippen LogP contribution in [-0.2, 0) is 24.3 Å². The number of carbonyl (C=O) groups excluding carboxylic acids is 2. The summed E-state index contributed by atoms with van der Waals surface area (Å²) in [5, 5.41) is 17.1. The van der Waals surface area contributed by atoms with Crippen molar-refractivity contribution in [3.05, 3.63) is 46.5 Å². The summed E-state index contributed by atoms with van der Waals surface area (Å²) in [6.07, 6.45) is -0.422. The van der Waals surface area contributed by atoms with Gasteiger partial charge in [0.2, 0.25) is 0 Å². The third-order valence-electron chi connectivity index (χ3n) is 5.43. The summed E-state index contributed by atoms with van der Waals surface area (Å²) >= 11 is 0. The number of benzene rings is 1. The molecule has 0 saturated carbocycles. The van der Waals surface area contributed by atoms with Crippen LogP contribution in [0.1, 0.15) is 34.2 Å². The van der Waals surface area contributed by atoms with Gasteiger partial charge in [-0.2, -0.15) is 10.4 Å². The molecule has 2 atom stereocenters. The van der Waals surface area contributed by atoms with Crippen molar-refractivity contribution < 1.29 is 23.2 Å². The first-order valence-corrected chi connectivity index (χ1v) is 9.69. The van der Waals surface area contributed by atoms with Gasteiger partial charge in [-0.05, 0) is 25.1 Å². The zero-order valence-corrected chi connectivity index (χ0v) is 16.9. The molecule has 0 aliphatic carbocycles. The number of carbonyl (C=O) groups is 2. The van der Waals surface area contributed by atoms with Crippen molar-refractivity contribution in [3.63, 3.8) is 0 Å². The van der Waals surface area contributed by atoms with Gasteiger partial charge in [0, 0.05) is 30.8 Å². The molecule has 3 amide bonds. The summed E-state index contributed by atoms with van der Waals surface area (Å²) in [7, 11) is 1.41. The second-order valence-electron chi connectivity index (χ2n) is 7.56. The van der Waals surface area contributed by atoms with Crippen molar-refractivity contribution in [3.8, 4) is 6.07 Å². The monoisotopic (exact) mass is 430 g/mol. The van der Waals surface area contributed by atoms with Crippen LogP contribution in [0, 0.1) is 17.1 Å². The van der Waals surface area contributed by atoms with Crippen molar-refractivity contribution in [2.75, 3.05) is 19.0 Å². The molecule has 0 saturated heterocycles. The Bertz CT molecular complexity index is 1100. The number of aromatic nitrogens is 2. The molecule has 1 aromatic carbocycles. The molecule has 9 nitrogen and oxygen atoms in total. The molecule has 4 rings (SSSR count). The number of fused-ring (bicyclic) bond motifs is 3. The Kier molecular flexibility index (Phi) is 5.32. The first-order chi connectivity index (χ1) is 14.8. The summed E-state index contributed by atoms with van der Waals surface area (Å²) in [4.78, 5) is 32.6. The van der Waals surface area contributed by atoms with Crippen LogP contribution in [0.15, 0.2) is 18.2 Å². The lowest BCUT2D eigenvalue weighted by Gasteiger charge is -2.33. The van der Waals surface area contributed by atoms with E-state index in [0.29, 0.717) is 17.7 Å². The average molecular weight is 430 g/mol. The number of alkyl halides is 1. The average Bonchev–Trinajstić information content (AvgIpc) is 3.03. The minimum atomic E-state index is -0.832. The van der Waals surface area contributed by atoms with Crippen LogP contribution in [0.5, 0.6) is 0 Å². The summed E-state index contributed by atoms with van der Waals surface area (Å²) in [5.74, 6) is -1.13. The smallest absolute Gasteiger partial charge is 0.317 e. The Labute approximate surface area is 176 Å². The first kappa shape index (κ1) is 20.7. The number of rotatable bonds is 2. The maximum Gasteiger partial charge on any atom is 0.322 e. The van der Waals surface area contributed by atoms with E-state index in [1.807, 2.05) is 6.92 Å². The van der Waals surface area contributed by atoms with Gasteiger partial charge in [-0.15, -0.1) is 0 Å². The molecule has 3 heterocycles. The fraction of sp³-hybridized carbons (Fsp3) is 0.400. The van der Waals surface area contributed by atoms with Gasteiger partial charge in [-0.3, -0.25) is 14.3 Å². The highest BCUT2D eigenvalue weighted by Crippen LogP contribution is 2.29. The van der Waals surface area contributed by atoms with Crippen LogP contribution in [0.25, 0.3) is 0 Å². The highest BCUT2D eigenvalue weighted by atomic mass is 19.1. The van der Waals surface area contributed by atoms with Gasteiger partial charge in [0.05, 0.1) is 24.3 Å². The number of hydrogen-bond acceptors (Lipinski definition) is 5. The van der Waals surface area contributed by atoms with E-state index in [-0.39, 0.29) is 36.1 Å². The van der Waals surface area contributed by atoms with E-state index in [2.05, 4.69) is 10.4 Å². The van der Waals surface area contributed by atoms with Gasteiger partial charge >= 0.3 is 6.03 Å². The van der Waals surface area contributed by atoms with E-state index in [9.17, 15) is 18.4 Å². The third kappa shape index (κ3) is 3.70. The van der Waals surface area contributed by atoms with Gasteiger partial charge in [-0.25, -0.2) is 18.6 Å². The van der Waals surface area contributed by atoms with Crippen molar-refractivity contribution >= 4 is 17.6 Å². The summed E-state index contributed by atoms with van der Waals surface area (Å²) in [6.45, 7) is 1.28. The molecule has 2 aromatic rings. The van der Waals surface area contributed by atoms with E-state index in [4.69, 9.17) is 10.1 Å². The second-order valence-corrected chi connectivity index (χ2v) is 7.56. The molecule has 2 aliphatic rings. The van der Waals surface area contributed by atoms with Gasteiger partial charge < -0.3 is 10.2 Å². The fourth-order valence-corrected chi connectivity index (χ4v) is 3.85. The molecule has 2 aliphatic heterocycles. The van der Waals surface area contributed by atoms with Gasteiger partial charge in [-0.1, -0.05) is 0 Å². The second kappa shape index (κ2) is 7.96. The van der Waals surface area contributed by atoms with Gasteiger partial charge in [0.1, 0.15) is 30.4 Å². The molecule has 0 bridgehead atoms. The van der Waals surface area contributed by atoms with E-state index in [0.717, 1.165) is 11.1 Å². The van der Waals surface area contributed by atoms with Gasteiger partial charge in [0.15, 0.2) is 0 Å². The van der Waals surface area contributed by atoms with E-state index >= 15 is 0 Å². The lowest BCUT2D eigenvalue weighted by molar-refractivity contribution is -0.152. The zero-order chi connectivity index (χ0) is 22.3. The number of halogens is 2. The molecular weight excluding hydrogens is 410 g/mol. The van der Waals surface area contributed by atoms with Crippen LogP contribution in [-0.4, -0.2) is 57.5 Å². The molecule has 0 fully saturated rings. The van der Waals surface area contributed by atoms with Crippen LogP contribution in [0.3, 0.4) is 0 Å². The molecular formula is C20H20F2N6O3. The molecule has 31 heavy (non-hydrogen) atoms. The van der Waals surface area contributed by atoms with E-state index in [1.165, 1.54) is 28.8 Å². The van der Waals surface area contributed by atoms with Crippen LogP contribution < -0.4 is 5.32 Å². The lowest BCUT2D eigenvalue weighted by Crippen LogP contribution is -2.45. The molecule has 0 spiro atoms. The molecule has 0 radical (unpaired) electrons. The Hall–Kier alpha value is -3.52. The predicted molar refractivity (Wildman–Crippen MR) is 104 cm³/mol. The van der Waals surface area contributed by atoms with Crippen molar-refractivity contribution in [1.29, 1.82) is 5.26 Å². The van der Waals surface area contributed by atoms with Crippen LogP contribution in [0.2, 0.25) is 0 Å². The summed E-state index contributed by atoms with van der Waals surface area (Å²) < 4.78 is 28.2. The lowest BCUT2D eigenvalue weighted by atomic mass is 9.99. The fourth-order valence-electron chi connectivity index (χ4n) is 3.85. The zero-order valence-electron chi connectivity index (χ0n) is 16.9. The third-order valence-corrected chi connectivity index (χ3v) is 5.43. The first-order valence-electron chi connectivity index (χ1n) is 9.69. The number of hydroxylamine groups is 2. The van der Waals surface area contributed by atoms with E-state index < -0.39 is 30.5 Å². The number of hydrogen-bond donors (Lipinski definition) is 1. The number of nitriles is 1. The van der Waals surface area contributed by atoms with Crippen molar-refractivity contribution in [2.45, 2.75) is 38.6 Å². The summed E-state index contributed by atoms with van der Waals surface area (Å²) in [6, 6.07) is 4.78. The van der Waals surface area contributed by atoms with Gasteiger partial charge in [0.25, 0.3) is 5.91 Å². The van der Waals surface area contributed by atoms with E-state index in [1.54, 1.807) is 6.07 Å². The minimum absolute atomic E-state index is 0.0853. The van der Waals surface area contributed by atoms with Crippen molar-refractivity contribution in [1.82, 2.24) is 19.7 Å². The Morgan fingerprint density at radius 1 is 1.45 bits per heavy atom. The molecule has 162 valence electrons.